The van der Waals surface area contributed by atoms with Gasteiger partial charge in [0.15, 0.2) is 0 Å². The van der Waals surface area contributed by atoms with Gasteiger partial charge in [0, 0.05) is 16.3 Å². The lowest BCUT2D eigenvalue weighted by Gasteiger charge is -2.18. The van der Waals surface area contributed by atoms with E-state index in [4.69, 9.17) is 0 Å². The molecule has 0 unspecified atom stereocenters. The van der Waals surface area contributed by atoms with Crippen LogP contribution < -0.4 is 0 Å². The second kappa shape index (κ2) is 17.3. The maximum atomic E-state index is 14.3. The second-order valence-electron chi connectivity index (χ2n) is 17.2. The molecule has 7 heteroatoms. The van der Waals surface area contributed by atoms with E-state index in [-0.39, 0.29) is 17.2 Å². The molecular formula is C62H39F6N. The number of aromatic nitrogens is 1. The Morgan fingerprint density at radius 1 is 0.246 bits per heavy atom. The molecule has 69 heavy (non-hydrogen) atoms. The largest absolute Gasteiger partial charge is 0.416 e. The van der Waals surface area contributed by atoms with E-state index in [1.807, 2.05) is 102 Å². The van der Waals surface area contributed by atoms with E-state index in [0.29, 0.717) is 5.69 Å². The summed E-state index contributed by atoms with van der Waals surface area (Å²) in [5, 5.41) is 1.71. The van der Waals surface area contributed by atoms with Crippen molar-refractivity contribution in [1.82, 2.24) is 4.57 Å². The van der Waals surface area contributed by atoms with Crippen LogP contribution >= 0.6 is 0 Å². The van der Waals surface area contributed by atoms with Crippen LogP contribution in [0.25, 0.3) is 105 Å². The molecule has 11 rings (SSSR count). The van der Waals surface area contributed by atoms with Crippen molar-refractivity contribution in [3.8, 4) is 83.6 Å². The number of nitrogens with zero attached hydrogens (tertiary/aromatic N) is 1. The van der Waals surface area contributed by atoms with Gasteiger partial charge >= 0.3 is 12.4 Å². The molecular weight excluding hydrogens is 873 g/mol. The van der Waals surface area contributed by atoms with Crippen molar-refractivity contribution in [2.45, 2.75) is 12.4 Å². The van der Waals surface area contributed by atoms with E-state index < -0.39 is 23.5 Å². The van der Waals surface area contributed by atoms with Crippen LogP contribution in [0, 0.1) is 0 Å². The molecule has 0 fully saturated rings. The Hall–Kier alpha value is -8.42. The molecule has 1 heterocycles. The van der Waals surface area contributed by atoms with Gasteiger partial charge in [-0.25, -0.2) is 0 Å². The highest BCUT2D eigenvalue weighted by atomic mass is 19.4. The monoisotopic (exact) mass is 911 g/mol. The molecule has 0 aliphatic heterocycles. The van der Waals surface area contributed by atoms with Gasteiger partial charge in [-0.15, -0.1) is 0 Å². The standard InChI is InChI=1S/C62H39F6N/c63-61(64,65)53-35-52(36-54(39-53)62(66,67)68)55-23-13-14-24-58(55)69-59-27-25-44(50-31-46(40-15-5-1-6-16-40)29-47(32-50)41-17-7-2-8-18-41)37-56(59)57-38-45(26-28-60(57)69)51-33-48(42-19-9-3-10-20-42)30-49(34-51)43-21-11-4-12-22-43/h1-39H. The SMILES string of the molecule is FC(F)(F)c1cc(-c2ccccc2-n2c3ccc(-c4cc(-c5ccccc5)cc(-c5ccccc5)c4)cc3c3cc(-c4cc(-c5ccccc5)cc(-c5ccccc5)c4)ccc32)cc(C(F)(F)F)c1. The summed E-state index contributed by atoms with van der Waals surface area (Å²) in [4.78, 5) is 0. The van der Waals surface area contributed by atoms with Gasteiger partial charge in [-0.2, -0.15) is 26.3 Å². The van der Waals surface area contributed by atoms with E-state index >= 15 is 0 Å². The van der Waals surface area contributed by atoms with Gasteiger partial charge in [0.1, 0.15) is 0 Å². The summed E-state index contributed by atoms with van der Waals surface area (Å²) in [7, 11) is 0. The minimum absolute atomic E-state index is 0.168. The average Bonchev–Trinajstić information content (AvgIpc) is 3.71. The Bertz CT molecular complexity index is 3340. The Morgan fingerprint density at radius 3 is 0.913 bits per heavy atom. The maximum Gasteiger partial charge on any atom is 0.416 e. The van der Waals surface area contributed by atoms with Crippen LogP contribution in [0.15, 0.2) is 237 Å². The number of alkyl halides is 6. The van der Waals surface area contributed by atoms with Gasteiger partial charge in [-0.3, -0.25) is 0 Å². The zero-order chi connectivity index (χ0) is 47.3. The van der Waals surface area contributed by atoms with E-state index in [1.54, 1.807) is 24.3 Å². The number of benzene rings is 10. The highest BCUT2D eigenvalue weighted by Gasteiger charge is 2.37. The van der Waals surface area contributed by atoms with Crippen molar-refractivity contribution in [3.63, 3.8) is 0 Å². The van der Waals surface area contributed by atoms with Crippen molar-refractivity contribution in [1.29, 1.82) is 0 Å². The summed E-state index contributed by atoms with van der Waals surface area (Å²) in [5.41, 5.74) is 11.4. The summed E-state index contributed by atoms with van der Waals surface area (Å²) in [6.07, 6.45) is -10.0. The van der Waals surface area contributed by atoms with E-state index in [2.05, 4.69) is 97.1 Å². The van der Waals surface area contributed by atoms with Gasteiger partial charge in [-0.1, -0.05) is 152 Å². The number of halogens is 6. The minimum atomic E-state index is -5.01. The molecule has 0 bridgehead atoms. The average molecular weight is 912 g/mol. The first-order valence-electron chi connectivity index (χ1n) is 22.4. The molecule has 0 amide bonds. The van der Waals surface area contributed by atoms with Crippen LogP contribution in [0.2, 0.25) is 0 Å². The molecule has 10 aromatic carbocycles. The quantitative estimate of drug-likeness (QED) is 0.134. The highest BCUT2D eigenvalue weighted by Crippen LogP contribution is 2.44. The van der Waals surface area contributed by atoms with E-state index in [9.17, 15) is 26.3 Å². The molecule has 11 aromatic rings. The summed E-state index contributed by atoms with van der Waals surface area (Å²) in [6.45, 7) is 0. The minimum Gasteiger partial charge on any atom is -0.309 e. The lowest BCUT2D eigenvalue weighted by atomic mass is 9.92. The van der Waals surface area contributed by atoms with Crippen LogP contribution in [0.4, 0.5) is 26.3 Å². The van der Waals surface area contributed by atoms with Crippen LogP contribution in [0.3, 0.4) is 0 Å². The van der Waals surface area contributed by atoms with Crippen LogP contribution in [0.1, 0.15) is 11.1 Å². The summed E-state index contributed by atoms with van der Waals surface area (Å²) in [5.74, 6) is 0. The molecule has 0 aliphatic carbocycles. The van der Waals surface area contributed by atoms with Crippen LogP contribution in [0.5, 0.6) is 0 Å². The van der Waals surface area contributed by atoms with Crippen molar-refractivity contribution in [3.05, 3.63) is 248 Å². The van der Waals surface area contributed by atoms with Crippen LogP contribution in [-0.2, 0) is 12.4 Å². The molecule has 0 aliphatic rings. The Labute approximate surface area is 394 Å². The lowest BCUT2D eigenvalue weighted by molar-refractivity contribution is -0.143. The predicted molar refractivity (Wildman–Crippen MR) is 269 cm³/mol. The first kappa shape index (κ1) is 43.2. The van der Waals surface area contributed by atoms with Gasteiger partial charge in [0.25, 0.3) is 0 Å². The van der Waals surface area contributed by atoms with E-state index in [0.717, 1.165) is 101 Å². The number of hydrogen-bond donors (Lipinski definition) is 0. The Balaban J connectivity index is 1.17. The first-order valence-corrected chi connectivity index (χ1v) is 22.4. The number of fused-ring (bicyclic) bond motifs is 3. The fourth-order valence-corrected chi connectivity index (χ4v) is 9.44. The van der Waals surface area contributed by atoms with Crippen molar-refractivity contribution in [2.75, 3.05) is 0 Å². The fraction of sp³-hybridized carbons (Fsp3) is 0.0323. The highest BCUT2D eigenvalue weighted by molar-refractivity contribution is 6.12. The summed E-state index contributed by atoms with van der Waals surface area (Å²) in [6, 6.07) is 74.6. The third-order valence-electron chi connectivity index (χ3n) is 12.8. The van der Waals surface area contributed by atoms with Crippen molar-refractivity contribution < 1.29 is 26.3 Å². The number of rotatable bonds is 8. The van der Waals surface area contributed by atoms with Gasteiger partial charge < -0.3 is 4.57 Å². The topological polar surface area (TPSA) is 4.93 Å². The number of para-hydroxylation sites is 1. The zero-order valence-electron chi connectivity index (χ0n) is 36.7. The normalized spacial score (nSPS) is 11.9. The predicted octanol–water partition coefficient (Wildman–Crippen LogP) is 18.5. The molecule has 0 saturated carbocycles. The lowest BCUT2D eigenvalue weighted by Crippen LogP contribution is -2.11. The summed E-state index contributed by atoms with van der Waals surface area (Å²) < 4.78 is 87.8. The molecule has 0 N–H and O–H groups in total. The third-order valence-corrected chi connectivity index (χ3v) is 12.8. The molecule has 334 valence electrons. The molecule has 0 atom stereocenters. The van der Waals surface area contributed by atoms with Gasteiger partial charge in [-0.05, 0) is 157 Å². The Morgan fingerprint density at radius 2 is 0.565 bits per heavy atom. The maximum absolute atomic E-state index is 14.3. The molecule has 0 spiro atoms. The van der Waals surface area contributed by atoms with E-state index in [1.165, 1.54) is 0 Å². The van der Waals surface area contributed by atoms with Gasteiger partial charge in [0.2, 0.25) is 0 Å². The fourth-order valence-electron chi connectivity index (χ4n) is 9.44. The van der Waals surface area contributed by atoms with Gasteiger partial charge in [0.05, 0.1) is 27.8 Å². The molecule has 0 saturated heterocycles. The molecule has 1 aromatic heterocycles. The van der Waals surface area contributed by atoms with Crippen LogP contribution in [-0.4, -0.2) is 4.57 Å². The smallest absolute Gasteiger partial charge is 0.309 e. The third kappa shape index (κ3) is 8.48. The first-order chi connectivity index (χ1) is 33.4. The summed E-state index contributed by atoms with van der Waals surface area (Å²) >= 11 is 0. The number of hydrogen-bond acceptors (Lipinski definition) is 0. The molecule has 1 nitrogen and oxygen atoms in total. The van der Waals surface area contributed by atoms with Crippen molar-refractivity contribution >= 4 is 21.8 Å². The Kier molecular flexibility index (Phi) is 10.8. The molecule has 0 radical (unpaired) electrons. The zero-order valence-corrected chi connectivity index (χ0v) is 36.7. The second-order valence-corrected chi connectivity index (χ2v) is 17.2. The van der Waals surface area contributed by atoms with Crippen molar-refractivity contribution in [2.24, 2.45) is 0 Å².